The molecule has 0 spiro atoms. The molecule has 0 saturated heterocycles. The SMILES string of the molecule is CCCNC(=O)c1cccc(N(C)S(=O)(=O)c2ccc(OC)cc2)c1. The summed E-state index contributed by atoms with van der Waals surface area (Å²) in [6, 6.07) is 12.7. The van der Waals surface area contributed by atoms with Crippen molar-refractivity contribution in [1.29, 1.82) is 0 Å². The molecular weight excluding hydrogens is 340 g/mol. The fourth-order valence-electron chi connectivity index (χ4n) is 2.23. The smallest absolute Gasteiger partial charge is 0.264 e. The Morgan fingerprint density at radius 1 is 1.16 bits per heavy atom. The van der Waals surface area contributed by atoms with Gasteiger partial charge in [-0.15, -0.1) is 0 Å². The van der Waals surface area contributed by atoms with Gasteiger partial charge in [0.05, 0.1) is 17.7 Å². The molecule has 0 heterocycles. The molecule has 1 N–H and O–H groups in total. The Morgan fingerprint density at radius 3 is 2.44 bits per heavy atom. The molecule has 6 nitrogen and oxygen atoms in total. The van der Waals surface area contributed by atoms with Crippen LogP contribution < -0.4 is 14.4 Å². The van der Waals surface area contributed by atoms with Crippen LogP contribution in [0.25, 0.3) is 0 Å². The van der Waals surface area contributed by atoms with E-state index in [1.165, 1.54) is 26.3 Å². The van der Waals surface area contributed by atoms with Gasteiger partial charge in [-0.05, 0) is 48.9 Å². The molecule has 1 amide bonds. The van der Waals surface area contributed by atoms with E-state index in [-0.39, 0.29) is 10.8 Å². The van der Waals surface area contributed by atoms with Crippen molar-refractivity contribution in [3.63, 3.8) is 0 Å². The summed E-state index contributed by atoms with van der Waals surface area (Å²) in [4.78, 5) is 12.2. The van der Waals surface area contributed by atoms with Crippen LogP contribution in [0.2, 0.25) is 0 Å². The standard InChI is InChI=1S/C18H22N2O4S/c1-4-12-19-18(21)14-6-5-7-15(13-14)20(2)25(22,23)17-10-8-16(24-3)9-11-17/h5-11,13H,4,12H2,1-3H3,(H,19,21). The van der Waals surface area contributed by atoms with E-state index in [0.717, 1.165) is 10.7 Å². The number of carbonyl (C=O) groups is 1. The second-order valence-electron chi connectivity index (χ2n) is 5.45. The van der Waals surface area contributed by atoms with E-state index < -0.39 is 10.0 Å². The highest BCUT2D eigenvalue weighted by molar-refractivity contribution is 7.92. The lowest BCUT2D eigenvalue weighted by Crippen LogP contribution is -2.27. The van der Waals surface area contributed by atoms with Gasteiger partial charge >= 0.3 is 0 Å². The number of ether oxygens (including phenoxy) is 1. The lowest BCUT2D eigenvalue weighted by molar-refractivity contribution is 0.0953. The van der Waals surface area contributed by atoms with Gasteiger partial charge in [-0.3, -0.25) is 9.10 Å². The number of amides is 1. The Bertz CT molecular complexity index is 832. The first kappa shape index (κ1) is 18.8. The molecule has 2 aromatic carbocycles. The first-order chi connectivity index (χ1) is 11.9. The number of anilines is 1. The Morgan fingerprint density at radius 2 is 1.84 bits per heavy atom. The Labute approximate surface area is 148 Å². The van der Waals surface area contributed by atoms with Crippen LogP contribution in [0.4, 0.5) is 5.69 Å². The average molecular weight is 362 g/mol. The van der Waals surface area contributed by atoms with Crippen LogP contribution in [0, 0.1) is 0 Å². The van der Waals surface area contributed by atoms with Gasteiger partial charge in [0.25, 0.3) is 15.9 Å². The van der Waals surface area contributed by atoms with Gasteiger partial charge in [0.2, 0.25) is 0 Å². The van der Waals surface area contributed by atoms with E-state index in [2.05, 4.69) is 5.32 Å². The molecule has 2 aromatic rings. The molecule has 0 radical (unpaired) electrons. The van der Waals surface area contributed by atoms with Crippen LogP contribution in [-0.4, -0.2) is 35.0 Å². The molecule has 2 rings (SSSR count). The number of benzene rings is 2. The van der Waals surface area contributed by atoms with Crippen LogP contribution in [0.5, 0.6) is 5.75 Å². The molecule has 134 valence electrons. The molecule has 0 unspecified atom stereocenters. The fourth-order valence-corrected chi connectivity index (χ4v) is 3.42. The number of sulfonamides is 1. The molecule has 25 heavy (non-hydrogen) atoms. The zero-order valence-corrected chi connectivity index (χ0v) is 15.3. The number of carbonyl (C=O) groups excluding carboxylic acids is 1. The highest BCUT2D eigenvalue weighted by Crippen LogP contribution is 2.24. The van der Waals surface area contributed by atoms with Gasteiger partial charge in [0.1, 0.15) is 5.75 Å². The van der Waals surface area contributed by atoms with E-state index in [4.69, 9.17) is 4.74 Å². The van der Waals surface area contributed by atoms with Crippen molar-refractivity contribution in [2.45, 2.75) is 18.2 Å². The molecular formula is C18H22N2O4S. The van der Waals surface area contributed by atoms with Crippen LogP contribution in [0.3, 0.4) is 0 Å². The zero-order chi connectivity index (χ0) is 18.4. The molecule has 0 saturated carbocycles. The van der Waals surface area contributed by atoms with Gasteiger partial charge < -0.3 is 10.1 Å². The second-order valence-corrected chi connectivity index (χ2v) is 7.42. The van der Waals surface area contributed by atoms with Crippen LogP contribution >= 0.6 is 0 Å². The number of methoxy groups -OCH3 is 1. The largest absolute Gasteiger partial charge is 0.497 e. The average Bonchev–Trinajstić information content (AvgIpc) is 2.65. The zero-order valence-electron chi connectivity index (χ0n) is 14.5. The molecule has 0 aliphatic rings. The minimum atomic E-state index is -3.73. The maximum Gasteiger partial charge on any atom is 0.264 e. The quantitative estimate of drug-likeness (QED) is 0.822. The Balaban J connectivity index is 2.29. The Kier molecular flexibility index (Phi) is 6.03. The molecule has 0 bridgehead atoms. The molecule has 0 fully saturated rings. The van der Waals surface area contributed by atoms with Crippen LogP contribution in [-0.2, 0) is 10.0 Å². The topological polar surface area (TPSA) is 75.7 Å². The molecule has 7 heteroatoms. The number of hydrogen-bond donors (Lipinski definition) is 1. The summed E-state index contributed by atoms with van der Waals surface area (Å²) < 4.78 is 31.7. The number of nitrogens with zero attached hydrogens (tertiary/aromatic N) is 1. The van der Waals surface area contributed by atoms with Crippen molar-refractivity contribution in [2.75, 3.05) is 25.0 Å². The van der Waals surface area contributed by atoms with Crippen molar-refractivity contribution in [3.8, 4) is 5.75 Å². The summed E-state index contributed by atoms with van der Waals surface area (Å²) in [5.74, 6) is 0.357. The van der Waals surface area contributed by atoms with Gasteiger partial charge in [0, 0.05) is 19.2 Å². The highest BCUT2D eigenvalue weighted by atomic mass is 32.2. The van der Waals surface area contributed by atoms with E-state index in [9.17, 15) is 13.2 Å². The van der Waals surface area contributed by atoms with E-state index >= 15 is 0 Å². The second kappa shape index (κ2) is 8.02. The van der Waals surface area contributed by atoms with Gasteiger partial charge in [-0.1, -0.05) is 13.0 Å². The molecule has 0 atom stereocenters. The summed E-state index contributed by atoms with van der Waals surface area (Å²) in [6.45, 7) is 2.54. The van der Waals surface area contributed by atoms with Crippen LogP contribution in [0.15, 0.2) is 53.4 Å². The third-order valence-electron chi connectivity index (χ3n) is 3.73. The van der Waals surface area contributed by atoms with Gasteiger partial charge in [-0.2, -0.15) is 0 Å². The third-order valence-corrected chi connectivity index (χ3v) is 5.53. The van der Waals surface area contributed by atoms with Crippen molar-refractivity contribution >= 4 is 21.6 Å². The summed E-state index contributed by atoms with van der Waals surface area (Å²) >= 11 is 0. The van der Waals surface area contributed by atoms with Crippen molar-refractivity contribution in [1.82, 2.24) is 5.32 Å². The minimum Gasteiger partial charge on any atom is -0.497 e. The predicted molar refractivity (Wildman–Crippen MR) is 97.6 cm³/mol. The van der Waals surface area contributed by atoms with Crippen molar-refractivity contribution < 1.29 is 17.9 Å². The lowest BCUT2D eigenvalue weighted by Gasteiger charge is -2.20. The fraction of sp³-hybridized carbons (Fsp3) is 0.278. The first-order valence-corrected chi connectivity index (χ1v) is 9.35. The normalized spacial score (nSPS) is 11.0. The van der Waals surface area contributed by atoms with Crippen molar-refractivity contribution in [2.24, 2.45) is 0 Å². The number of hydrogen-bond acceptors (Lipinski definition) is 4. The lowest BCUT2D eigenvalue weighted by atomic mass is 10.2. The predicted octanol–water partition coefficient (Wildman–Crippen LogP) is 2.66. The molecule has 0 aromatic heterocycles. The van der Waals surface area contributed by atoms with E-state index in [0.29, 0.717) is 23.5 Å². The maximum absolute atomic E-state index is 12.8. The summed E-state index contributed by atoms with van der Waals surface area (Å²) in [5, 5.41) is 2.78. The highest BCUT2D eigenvalue weighted by Gasteiger charge is 2.22. The third kappa shape index (κ3) is 4.30. The van der Waals surface area contributed by atoms with Crippen LogP contribution in [0.1, 0.15) is 23.7 Å². The van der Waals surface area contributed by atoms with Gasteiger partial charge in [0.15, 0.2) is 0 Å². The molecule has 0 aliphatic heterocycles. The van der Waals surface area contributed by atoms with E-state index in [1.807, 2.05) is 6.92 Å². The first-order valence-electron chi connectivity index (χ1n) is 7.91. The summed E-state index contributed by atoms with van der Waals surface area (Å²) in [7, 11) is -0.751. The monoisotopic (exact) mass is 362 g/mol. The summed E-state index contributed by atoms with van der Waals surface area (Å²) in [6.07, 6.45) is 0.831. The van der Waals surface area contributed by atoms with Crippen molar-refractivity contribution in [3.05, 3.63) is 54.1 Å². The number of nitrogens with one attached hydrogen (secondary N) is 1. The minimum absolute atomic E-state index is 0.150. The Hall–Kier alpha value is -2.54. The molecule has 0 aliphatic carbocycles. The summed E-state index contributed by atoms with van der Waals surface area (Å²) in [5.41, 5.74) is 0.836. The number of rotatable bonds is 7. The van der Waals surface area contributed by atoms with Gasteiger partial charge in [-0.25, -0.2) is 8.42 Å². The van der Waals surface area contributed by atoms with E-state index in [1.54, 1.807) is 36.4 Å². The maximum atomic E-state index is 12.8.